The molecule has 3 N–H and O–H groups in total. The highest BCUT2D eigenvalue weighted by Crippen LogP contribution is 2.38. The van der Waals surface area contributed by atoms with Crippen LogP contribution in [0.15, 0.2) is 21.5 Å². The van der Waals surface area contributed by atoms with Gasteiger partial charge >= 0.3 is 0 Å². The normalized spacial score (nSPS) is 24.5. The Bertz CT molecular complexity index is 665. The summed E-state index contributed by atoms with van der Waals surface area (Å²) in [7, 11) is -3.64. The number of hydrogen-bond acceptors (Lipinski definition) is 5. The van der Waals surface area contributed by atoms with Crippen LogP contribution in [0.25, 0.3) is 0 Å². The number of ether oxygens (including phenoxy) is 2. The molecule has 8 heteroatoms. The highest BCUT2D eigenvalue weighted by atomic mass is 79.9. The molecule has 0 amide bonds. The van der Waals surface area contributed by atoms with Crippen molar-refractivity contribution in [3.63, 3.8) is 0 Å². The van der Waals surface area contributed by atoms with E-state index in [2.05, 4.69) is 20.7 Å². The molecule has 1 aliphatic heterocycles. The van der Waals surface area contributed by atoms with Crippen molar-refractivity contribution in [2.24, 2.45) is 11.7 Å². The first-order valence-corrected chi connectivity index (χ1v) is 9.60. The third-order valence-corrected chi connectivity index (χ3v) is 6.60. The van der Waals surface area contributed by atoms with Gasteiger partial charge in [-0.15, -0.1) is 0 Å². The Morgan fingerprint density at radius 1 is 1.23 bits per heavy atom. The van der Waals surface area contributed by atoms with Gasteiger partial charge < -0.3 is 15.2 Å². The lowest BCUT2D eigenvalue weighted by molar-refractivity contribution is 0.171. The molecule has 0 spiro atoms. The predicted octanol–water partition coefficient (Wildman–Crippen LogP) is 1.63. The molecule has 0 saturated heterocycles. The van der Waals surface area contributed by atoms with Gasteiger partial charge in [-0.05, 0) is 47.3 Å². The van der Waals surface area contributed by atoms with Crippen LogP contribution in [0.3, 0.4) is 0 Å². The van der Waals surface area contributed by atoms with E-state index in [4.69, 9.17) is 15.2 Å². The van der Waals surface area contributed by atoms with Gasteiger partial charge in [0.2, 0.25) is 10.0 Å². The van der Waals surface area contributed by atoms with Crippen molar-refractivity contribution in [2.75, 3.05) is 19.8 Å². The van der Waals surface area contributed by atoms with Crippen LogP contribution >= 0.6 is 15.9 Å². The first-order chi connectivity index (χ1) is 10.5. The standard InChI is InChI=1S/C14H19BrN2O4S/c15-10-6-12-13(21-5-4-20-12)7-14(10)22(18,19)17-11-3-1-2-9(11)8-16/h6-7,9,11,17H,1-5,8,16H2/t9-,11-/m0/s1. The minimum atomic E-state index is -3.64. The topological polar surface area (TPSA) is 90.7 Å². The van der Waals surface area contributed by atoms with Crippen molar-refractivity contribution in [1.82, 2.24) is 4.72 Å². The molecule has 2 atom stereocenters. The Labute approximate surface area is 138 Å². The van der Waals surface area contributed by atoms with E-state index in [1.165, 1.54) is 6.07 Å². The van der Waals surface area contributed by atoms with Gasteiger partial charge in [0.25, 0.3) is 0 Å². The van der Waals surface area contributed by atoms with Gasteiger partial charge in [0, 0.05) is 16.6 Å². The Balaban J connectivity index is 1.88. The van der Waals surface area contributed by atoms with Crippen LogP contribution in [0, 0.1) is 5.92 Å². The van der Waals surface area contributed by atoms with Crippen LogP contribution in [0.1, 0.15) is 19.3 Å². The third kappa shape index (κ3) is 3.10. The van der Waals surface area contributed by atoms with E-state index >= 15 is 0 Å². The summed E-state index contributed by atoms with van der Waals surface area (Å²) in [5, 5.41) is 0. The Morgan fingerprint density at radius 2 is 1.91 bits per heavy atom. The SMILES string of the molecule is NC[C@@H]1CCC[C@@H]1NS(=O)(=O)c1cc2c(cc1Br)OCCO2. The molecule has 3 rings (SSSR count). The van der Waals surface area contributed by atoms with Crippen molar-refractivity contribution in [3.05, 3.63) is 16.6 Å². The van der Waals surface area contributed by atoms with Crippen LogP contribution in [-0.4, -0.2) is 34.2 Å². The van der Waals surface area contributed by atoms with Gasteiger partial charge in [0.15, 0.2) is 11.5 Å². The summed E-state index contributed by atoms with van der Waals surface area (Å²) in [6.45, 7) is 1.37. The number of benzene rings is 1. The van der Waals surface area contributed by atoms with Crippen molar-refractivity contribution < 1.29 is 17.9 Å². The summed E-state index contributed by atoms with van der Waals surface area (Å²) < 4.78 is 39.5. The third-order valence-electron chi connectivity index (χ3n) is 4.15. The molecule has 1 aliphatic carbocycles. The fraction of sp³-hybridized carbons (Fsp3) is 0.571. The first-order valence-electron chi connectivity index (χ1n) is 7.33. The quantitative estimate of drug-likeness (QED) is 0.814. The van der Waals surface area contributed by atoms with Crippen molar-refractivity contribution >= 4 is 26.0 Å². The van der Waals surface area contributed by atoms with Gasteiger partial charge in [-0.2, -0.15) is 0 Å². The Morgan fingerprint density at radius 3 is 2.59 bits per heavy atom. The minimum Gasteiger partial charge on any atom is -0.486 e. The summed E-state index contributed by atoms with van der Waals surface area (Å²) in [6.07, 6.45) is 2.78. The number of nitrogens with one attached hydrogen (secondary N) is 1. The summed E-state index contributed by atoms with van der Waals surface area (Å²) in [5.74, 6) is 1.21. The molecular weight excluding hydrogens is 372 g/mol. The summed E-state index contributed by atoms with van der Waals surface area (Å²) in [6, 6.07) is 3.04. The summed E-state index contributed by atoms with van der Waals surface area (Å²) in [4.78, 5) is 0.166. The van der Waals surface area contributed by atoms with Crippen LogP contribution in [-0.2, 0) is 10.0 Å². The Hall–Kier alpha value is -0.830. The van der Waals surface area contributed by atoms with Gasteiger partial charge in [-0.3, -0.25) is 0 Å². The molecular formula is C14H19BrN2O4S. The zero-order valence-electron chi connectivity index (χ0n) is 12.0. The average Bonchev–Trinajstić information content (AvgIpc) is 2.92. The number of sulfonamides is 1. The molecule has 0 radical (unpaired) electrons. The summed E-state index contributed by atoms with van der Waals surface area (Å²) >= 11 is 3.31. The van der Waals surface area contributed by atoms with Gasteiger partial charge in [-0.25, -0.2) is 13.1 Å². The molecule has 22 heavy (non-hydrogen) atoms. The monoisotopic (exact) mass is 390 g/mol. The fourth-order valence-corrected chi connectivity index (χ4v) is 5.36. The lowest BCUT2D eigenvalue weighted by atomic mass is 10.1. The number of nitrogens with two attached hydrogens (primary N) is 1. The molecule has 1 saturated carbocycles. The maximum Gasteiger partial charge on any atom is 0.242 e. The number of hydrogen-bond donors (Lipinski definition) is 2. The van der Waals surface area contributed by atoms with E-state index in [1.807, 2.05) is 0 Å². The second kappa shape index (κ2) is 6.35. The van der Waals surface area contributed by atoms with E-state index < -0.39 is 10.0 Å². The van der Waals surface area contributed by atoms with Crippen LogP contribution < -0.4 is 19.9 Å². The summed E-state index contributed by atoms with van der Waals surface area (Å²) in [5.41, 5.74) is 5.72. The maximum absolute atomic E-state index is 12.7. The lowest BCUT2D eigenvalue weighted by Crippen LogP contribution is -2.39. The highest BCUT2D eigenvalue weighted by molar-refractivity contribution is 9.10. The largest absolute Gasteiger partial charge is 0.486 e. The molecule has 1 heterocycles. The first kappa shape index (κ1) is 16.0. The molecule has 0 aromatic heterocycles. The molecule has 1 aromatic rings. The molecule has 122 valence electrons. The van der Waals surface area contributed by atoms with E-state index in [-0.39, 0.29) is 16.9 Å². The maximum atomic E-state index is 12.7. The molecule has 1 fully saturated rings. The van der Waals surface area contributed by atoms with Gasteiger partial charge in [-0.1, -0.05) is 6.42 Å². The number of rotatable bonds is 4. The minimum absolute atomic E-state index is 0.102. The smallest absolute Gasteiger partial charge is 0.242 e. The Kier molecular flexibility index (Phi) is 4.63. The van der Waals surface area contributed by atoms with Gasteiger partial charge in [0.1, 0.15) is 18.1 Å². The second-order valence-electron chi connectivity index (χ2n) is 5.58. The highest BCUT2D eigenvalue weighted by Gasteiger charge is 2.32. The van der Waals surface area contributed by atoms with E-state index in [0.29, 0.717) is 35.7 Å². The zero-order valence-corrected chi connectivity index (χ0v) is 14.5. The number of halogens is 1. The molecule has 2 aliphatic rings. The average molecular weight is 391 g/mol. The van der Waals surface area contributed by atoms with E-state index in [1.54, 1.807) is 6.07 Å². The fourth-order valence-electron chi connectivity index (χ4n) is 2.99. The molecule has 0 unspecified atom stereocenters. The predicted molar refractivity (Wildman–Crippen MR) is 85.6 cm³/mol. The van der Waals surface area contributed by atoms with Crippen molar-refractivity contribution in [3.8, 4) is 11.5 Å². The van der Waals surface area contributed by atoms with E-state index in [9.17, 15) is 8.42 Å². The van der Waals surface area contributed by atoms with Crippen LogP contribution in [0.2, 0.25) is 0 Å². The lowest BCUT2D eigenvalue weighted by Gasteiger charge is -2.22. The molecule has 0 bridgehead atoms. The van der Waals surface area contributed by atoms with Gasteiger partial charge in [0.05, 0.1) is 0 Å². The molecule has 6 nitrogen and oxygen atoms in total. The van der Waals surface area contributed by atoms with Crippen LogP contribution in [0.5, 0.6) is 11.5 Å². The second-order valence-corrected chi connectivity index (χ2v) is 8.12. The van der Waals surface area contributed by atoms with Crippen molar-refractivity contribution in [1.29, 1.82) is 0 Å². The van der Waals surface area contributed by atoms with E-state index in [0.717, 1.165) is 19.3 Å². The number of fused-ring (bicyclic) bond motifs is 1. The molecule has 1 aromatic carbocycles. The van der Waals surface area contributed by atoms with Crippen molar-refractivity contribution in [2.45, 2.75) is 30.2 Å². The van der Waals surface area contributed by atoms with Crippen LogP contribution in [0.4, 0.5) is 0 Å². The zero-order chi connectivity index (χ0) is 15.7.